The van der Waals surface area contributed by atoms with Gasteiger partial charge in [-0.15, -0.1) is 0 Å². The first-order valence-corrected chi connectivity index (χ1v) is 6.95. The van der Waals surface area contributed by atoms with E-state index in [4.69, 9.17) is 0 Å². The van der Waals surface area contributed by atoms with Gasteiger partial charge in [-0.25, -0.2) is 0 Å². The van der Waals surface area contributed by atoms with Crippen LogP contribution in [0.15, 0.2) is 24.3 Å². The third-order valence-corrected chi connectivity index (χ3v) is 3.78. The van der Waals surface area contributed by atoms with E-state index in [1.807, 2.05) is 42.9 Å². The number of aliphatic hydroxyl groups excluding tert-OH is 1. The Morgan fingerprint density at radius 3 is 2.40 bits per heavy atom. The molecule has 4 nitrogen and oxygen atoms in total. The van der Waals surface area contributed by atoms with Crippen molar-refractivity contribution in [2.75, 3.05) is 5.32 Å². The Morgan fingerprint density at radius 1 is 1.20 bits per heavy atom. The summed E-state index contributed by atoms with van der Waals surface area (Å²) in [7, 11) is 1.96. The van der Waals surface area contributed by atoms with Gasteiger partial charge in [0.25, 0.3) is 0 Å². The van der Waals surface area contributed by atoms with Gasteiger partial charge in [0.1, 0.15) is 0 Å². The van der Waals surface area contributed by atoms with Gasteiger partial charge in [-0.2, -0.15) is 5.10 Å². The zero-order valence-electron chi connectivity index (χ0n) is 12.8. The smallest absolute Gasteiger partial charge is 0.0781 e. The number of hydrogen-bond acceptors (Lipinski definition) is 3. The molecule has 1 heterocycles. The van der Waals surface area contributed by atoms with Gasteiger partial charge < -0.3 is 10.4 Å². The van der Waals surface area contributed by atoms with Crippen molar-refractivity contribution in [1.29, 1.82) is 0 Å². The molecule has 0 saturated carbocycles. The predicted octanol–water partition coefficient (Wildman–Crippen LogP) is 3.26. The quantitative estimate of drug-likeness (QED) is 0.899. The number of aromatic nitrogens is 2. The lowest BCUT2D eigenvalue weighted by Gasteiger charge is -2.20. The minimum atomic E-state index is -0.484. The van der Waals surface area contributed by atoms with E-state index in [9.17, 15) is 5.11 Å². The molecule has 0 aliphatic carbocycles. The Balaban J connectivity index is 2.30. The second-order valence-electron chi connectivity index (χ2n) is 5.34. The van der Waals surface area contributed by atoms with E-state index >= 15 is 0 Å². The van der Waals surface area contributed by atoms with Crippen LogP contribution in [0.1, 0.15) is 48.5 Å². The van der Waals surface area contributed by atoms with Crippen LogP contribution in [0.25, 0.3) is 0 Å². The Hall–Kier alpha value is -1.81. The summed E-state index contributed by atoms with van der Waals surface area (Å²) in [5.74, 6) is 0. The lowest BCUT2D eigenvalue weighted by atomic mass is 10.0. The fraction of sp³-hybridized carbons (Fsp3) is 0.438. The highest BCUT2D eigenvalue weighted by Gasteiger charge is 2.17. The second-order valence-corrected chi connectivity index (χ2v) is 5.34. The van der Waals surface area contributed by atoms with Gasteiger partial charge in [-0.3, -0.25) is 4.68 Å². The molecule has 1 aromatic heterocycles. The molecule has 2 unspecified atom stereocenters. The SMILES string of the molecule is Cc1nn(C)c(C)c1C(C)Nc1ccccc1C(C)O. The standard InChI is InChI=1S/C16H23N3O/c1-10(16-11(2)18-19(5)12(16)3)17-15-9-7-6-8-14(15)13(4)20/h6-10,13,17,20H,1-5H3. The number of aryl methyl sites for hydroxylation is 2. The molecule has 0 bridgehead atoms. The average molecular weight is 273 g/mol. The number of nitrogens with zero attached hydrogens (tertiary/aromatic N) is 2. The van der Waals surface area contributed by atoms with Crippen LogP contribution >= 0.6 is 0 Å². The molecule has 1 aromatic carbocycles. The van der Waals surface area contributed by atoms with E-state index in [1.54, 1.807) is 6.92 Å². The zero-order valence-corrected chi connectivity index (χ0v) is 12.8. The molecule has 2 atom stereocenters. The summed E-state index contributed by atoms with van der Waals surface area (Å²) < 4.78 is 1.91. The summed E-state index contributed by atoms with van der Waals surface area (Å²) in [5.41, 5.74) is 5.31. The molecule has 2 rings (SSSR count). The topological polar surface area (TPSA) is 50.1 Å². The summed E-state index contributed by atoms with van der Waals surface area (Å²) >= 11 is 0. The fourth-order valence-electron chi connectivity index (χ4n) is 2.71. The van der Waals surface area contributed by atoms with Gasteiger partial charge in [-0.1, -0.05) is 18.2 Å². The van der Waals surface area contributed by atoms with Crippen molar-refractivity contribution in [3.05, 3.63) is 46.8 Å². The van der Waals surface area contributed by atoms with E-state index in [-0.39, 0.29) is 6.04 Å². The lowest BCUT2D eigenvalue weighted by Crippen LogP contribution is -2.11. The molecular formula is C16H23N3O. The minimum absolute atomic E-state index is 0.142. The molecule has 20 heavy (non-hydrogen) atoms. The van der Waals surface area contributed by atoms with Crippen LogP contribution in [0.4, 0.5) is 5.69 Å². The first-order chi connectivity index (χ1) is 9.41. The summed E-state index contributed by atoms with van der Waals surface area (Å²) in [6.45, 7) is 8.01. The van der Waals surface area contributed by atoms with Crippen molar-refractivity contribution in [3.8, 4) is 0 Å². The number of benzene rings is 1. The molecule has 0 spiro atoms. The number of hydrogen-bond donors (Lipinski definition) is 2. The Labute approximate surface area is 120 Å². The molecule has 108 valence electrons. The molecular weight excluding hydrogens is 250 g/mol. The van der Waals surface area contributed by atoms with Crippen LogP contribution < -0.4 is 5.32 Å². The van der Waals surface area contributed by atoms with Crippen LogP contribution in [-0.2, 0) is 7.05 Å². The molecule has 4 heteroatoms. The van der Waals surface area contributed by atoms with Crippen molar-refractivity contribution in [2.24, 2.45) is 7.05 Å². The van der Waals surface area contributed by atoms with Crippen LogP contribution in [0.3, 0.4) is 0 Å². The average Bonchev–Trinajstić information content (AvgIpc) is 2.63. The highest BCUT2D eigenvalue weighted by molar-refractivity contribution is 5.54. The first-order valence-electron chi connectivity index (χ1n) is 6.95. The molecule has 0 saturated heterocycles. The van der Waals surface area contributed by atoms with Gasteiger partial charge in [0.2, 0.25) is 0 Å². The summed E-state index contributed by atoms with van der Waals surface area (Å²) in [5, 5.41) is 17.8. The summed E-state index contributed by atoms with van der Waals surface area (Å²) in [6.07, 6.45) is -0.484. The molecule has 0 radical (unpaired) electrons. The molecule has 0 aliphatic rings. The molecule has 0 aliphatic heterocycles. The van der Waals surface area contributed by atoms with Crippen LogP contribution in [0.2, 0.25) is 0 Å². The molecule has 2 N–H and O–H groups in total. The highest BCUT2D eigenvalue weighted by Crippen LogP contribution is 2.28. The molecule has 2 aromatic rings. The van der Waals surface area contributed by atoms with Crippen molar-refractivity contribution in [2.45, 2.75) is 39.8 Å². The maximum absolute atomic E-state index is 9.84. The fourth-order valence-corrected chi connectivity index (χ4v) is 2.71. The van der Waals surface area contributed by atoms with Gasteiger partial charge in [0, 0.05) is 29.6 Å². The van der Waals surface area contributed by atoms with Gasteiger partial charge >= 0.3 is 0 Å². The number of rotatable bonds is 4. The molecule has 0 fully saturated rings. The van der Waals surface area contributed by atoms with E-state index in [0.29, 0.717) is 0 Å². The van der Waals surface area contributed by atoms with E-state index in [1.165, 1.54) is 5.56 Å². The van der Waals surface area contributed by atoms with Crippen molar-refractivity contribution in [3.63, 3.8) is 0 Å². The Kier molecular flexibility index (Phi) is 4.14. The normalized spacial score (nSPS) is 14.1. The maximum atomic E-state index is 9.84. The number of para-hydroxylation sites is 1. The molecule has 0 amide bonds. The first kappa shape index (κ1) is 14.6. The summed E-state index contributed by atoms with van der Waals surface area (Å²) in [6, 6.07) is 8.01. The van der Waals surface area contributed by atoms with Crippen LogP contribution in [-0.4, -0.2) is 14.9 Å². The van der Waals surface area contributed by atoms with Crippen molar-refractivity contribution < 1.29 is 5.11 Å². The number of anilines is 1. The minimum Gasteiger partial charge on any atom is -0.389 e. The van der Waals surface area contributed by atoms with Gasteiger partial charge in [-0.05, 0) is 33.8 Å². The lowest BCUT2D eigenvalue weighted by molar-refractivity contribution is 0.200. The predicted molar refractivity (Wildman–Crippen MR) is 81.8 cm³/mol. The zero-order chi connectivity index (χ0) is 14.9. The van der Waals surface area contributed by atoms with Gasteiger partial charge in [0.15, 0.2) is 0 Å². The maximum Gasteiger partial charge on any atom is 0.0781 e. The van der Waals surface area contributed by atoms with Crippen molar-refractivity contribution >= 4 is 5.69 Å². The Morgan fingerprint density at radius 2 is 1.85 bits per heavy atom. The van der Waals surface area contributed by atoms with E-state index in [2.05, 4.69) is 24.3 Å². The number of aliphatic hydroxyl groups is 1. The monoisotopic (exact) mass is 273 g/mol. The van der Waals surface area contributed by atoms with Crippen LogP contribution in [0, 0.1) is 13.8 Å². The Bertz CT molecular complexity index is 602. The van der Waals surface area contributed by atoms with Crippen molar-refractivity contribution in [1.82, 2.24) is 9.78 Å². The number of nitrogens with one attached hydrogen (secondary N) is 1. The third kappa shape index (κ3) is 2.70. The van der Waals surface area contributed by atoms with Gasteiger partial charge in [0.05, 0.1) is 17.8 Å². The van der Waals surface area contributed by atoms with E-state index < -0.39 is 6.10 Å². The summed E-state index contributed by atoms with van der Waals surface area (Å²) in [4.78, 5) is 0. The largest absolute Gasteiger partial charge is 0.389 e. The highest BCUT2D eigenvalue weighted by atomic mass is 16.3. The second kappa shape index (κ2) is 5.67. The van der Waals surface area contributed by atoms with E-state index in [0.717, 1.165) is 22.6 Å². The third-order valence-electron chi connectivity index (χ3n) is 3.78. The van der Waals surface area contributed by atoms with Crippen LogP contribution in [0.5, 0.6) is 0 Å².